The van der Waals surface area contributed by atoms with Crippen molar-refractivity contribution in [3.8, 4) is 0 Å². The molecule has 0 aliphatic carbocycles. The Hall–Kier alpha value is -1.22. The third-order valence-corrected chi connectivity index (χ3v) is 3.65. The molecule has 0 aromatic heterocycles. The Labute approximate surface area is 109 Å². The van der Waals surface area contributed by atoms with Crippen LogP contribution in [-0.4, -0.2) is 23.3 Å². The smallest absolute Gasteiger partial charge is 0.165 e. The van der Waals surface area contributed by atoms with E-state index >= 15 is 0 Å². The second-order valence-corrected chi connectivity index (χ2v) is 5.35. The molecule has 1 saturated heterocycles. The average Bonchev–Trinajstić information content (AvgIpc) is 2.71. The molecule has 0 aromatic rings. The minimum atomic E-state index is -0.336. The Morgan fingerprint density at radius 3 is 2.61 bits per heavy atom. The van der Waals surface area contributed by atoms with Gasteiger partial charge in [0.05, 0.1) is 18.1 Å². The van der Waals surface area contributed by atoms with Crippen molar-refractivity contribution in [2.24, 2.45) is 5.92 Å². The molecule has 0 radical (unpaired) electrons. The molecule has 0 spiro atoms. The van der Waals surface area contributed by atoms with Crippen molar-refractivity contribution in [1.29, 1.82) is 0 Å². The van der Waals surface area contributed by atoms with Crippen LogP contribution in [0, 0.1) is 5.92 Å². The predicted octanol–water partition coefficient (Wildman–Crippen LogP) is 2.85. The molecule has 0 aromatic carbocycles. The lowest BCUT2D eigenvalue weighted by Gasteiger charge is -2.23. The molecule has 1 fully saturated rings. The maximum atomic E-state index is 12.0. The summed E-state index contributed by atoms with van der Waals surface area (Å²) in [7, 11) is 0. The van der Waals surface area contributed by atoms with Crippen LogP contribution in [0.4, 0.5) is 0 Å². The van der Waals surface area contributed by atoms with Gasteiger partial charge in [-0.05, 0) is 32.3 Å². The zero-order valence-electron chi connectivity index (χ0n) is 11.5. The van der Waals surface area contributed by atoms with Crippen LogP contribution < -0.4 is 0 Å². The van der Waals surface area contributed by atoms with E-state index in [9.17, 15) is 9.59 Å². The number of hydrogen-bond donors (Lipinski definition) is 0. The molecule has 18 heavy (non-hydrogen) atoms. The minimum absolute atomic E-state index is 0.0682. The molecule has 3 atom stereocenters. The summed E-state index contributed by atoms with van der Waals surface area (Å²) in [5, 5.41) is 0. The van der Waals surface area contributed by atoms with Crippen LogP contribution in [-0.2, 0) is 14.3 Å². The molecule has 3 nitrogen and oxygen atoms in total. The van der Waals surface area contributed by atoms with Gasteiger partial charge in [-0.15, -0.1) is 6.58 Å². The van der Waals surface area contributed by atoms with E-state index in [2.05, 4.69) is 13.2 Å². The molecular formula is C15H22O3. The van der Waals surface area contributed by atoms with E-state index in [1.54, 1.807) is 13.0 Å². The van der Waals surface area contributed by atoms with E-state index in [1.807, 2.05) is 13.8 Å². The van der Waals surface area contributed by atoms with Crippen LogP contribution in [0.15, 0.2) is 24.8 Å². The predicted molar refractivity (Wildman–Crippen MR) is 71.3 cm³/mol. The number of ketones is 2. The van der Waals surface area contributed by atoms with E-state index in [-0.39, 0.29) is 35.6 Å². The minimum Gasteiger partial charge on any atom is -0.367 e. The molecule has 100 valence electrons. The summed E-state index contributed by atoms with van der Waals surface area (Å²) in [5.41, 5.74) is 0.0937. The Bertz CT molecular complexity index is 383. The third-order valence-electron chi connectivity index (χ3n) is 3.65. The normalized spacial score (nSPS) is 28.7. The van der Waals surface area contributed by atoms with Crippen LogP contribution >= 0.6 is 0 Å². The van der Waals surface area contributed by atoms with E-state index in [0.29, 0.717) is 5.57 Å². The number of ether oxygens (including phenoxy) is 1. The summed E-state index contributed by atoms with van der Waals surface area (Å²) in [4.78, 5) is 23.5. The first-order chi connectivity index (χ1) is 8.29. The molecule has 1 rings (SSSR count). The highest BCUT2D eigenvalue weighted by Gasteiger charge is 2.38. The fourth-order valence-corrected chi connectivity index (χ4v) is 2.07. The molecule has 0 N–H and O–H groups in total. The number of Topliss-reactive ketones (excluding diaryl/α,β-unsaturated/α-hetero) is 2. The Morgan fingerprint density at radius 2 is 2.17 bits per heavy atom. The van der Waals surface area contributed by atoms with Crippen molar-refractivity contribution >= 4 is 11.6 Å². The number of carbonyl (C=O) groups excluding carboxylic acids is 2. The zero-order chi connectivity index (χ0) is 13.9. The van der Waals surface area contributed by atoms with Gasteiger partial charge in [-0.25, -0.2) is 0 Å². The zero-order valence-corrected chi connectivity index (χ0v) is 11.5. The third kappa shape index (κ3) is 3.39. The van der Waals surface area contributed by atoms with Crippen LogP contribution in [0.5, 0.6) is 0 Å². The molecule has 1 aliphatic heterocycles. The lowest BCUT2D eigenvalue weighted by molar-refractivity contribution is -0.131. The first kappa shape index (κ1) is 14.8. The van der Waals surface area contributed by atoms with Crippen molar-refractivity contribution in [1.82, 2.24) is 0 Å². The number of carbonyl (C=O) groups is 2. The fourth-order valence-electron chi connectivity index (χ4n) is 2.07. The molecule has 0 amide bonds. The van der Waals surface area contributed by atoms with Gasteiger partial charge in [0.1, 0.15) is 5.78 Å². The quantitative estimate of drug-likeness (QED) is 0.413. The van der Waals surface area contributed by atoms with Crippen LogP contribution in [0.25, 0.3) is 0 Å². The van der Waals surface area contributed by atoms with Gasteiger partial charge < -0.3 is 4.74 Å². The topological polar surface area (TPSA) is 43.4 Å². The molecule has 3 heteroatoms. The van der Waals surface area contributed by atoms with Gasteiger partial charge in [0.15, 0.2) is 5.78 Å². The summed E-state index contributed by atoms with van der Waals surface area (Å²) in [6.45, 7) is 12.7. The maximum absolute atomic E-state index is 12.0. The van der Waals surface area contributed by atoms with Crippen molar-refractivity contribution in [2.75, 3.05) is 0 Å². The van der Waals surface area contributed by atoms with Gasteiger partial charge in [-0.1, -0.05) is 19.6 Å². The van der Waals surface area contributed by atoms with Gasteiger partial charge in [0.2, 0.25) is 0 Å². The van der Waals surface area contributed by atoms with Crippen LogP contribution in [0.2, 0.25) is 0 Å². The molecular weight excluding hydrogens is 228 g/mol. The highest BCUT2D eigenvalue weighted by Crippen LogP contribution is 2.34. The SMILES string of the molecule is C=CC1(C)CCC(C(C)C(=O)CC(=O)C(=C)C)O1. The van der Waals surface area contributed by atoms with Crippen LogP contribution in [0.3, 0.4) is 0 Å². The fraction of sp³-hybridized carbons (Fsp3) is 0.600. The molecule has 3 unspecified atom stereocenters. The second kappa shape index (κ2) is 5.61. The lowest BCUT2D eigenvalue weighted by Crippen LogP contribution is -2.30. The molecule has 1 aliphatic rings. The monoisotopic (exact) mass is 250 g/mol. The second-order valence-electron chi connectivity index (χ2n) is 5.35. The molecule has 0 bridgehead atoms. The molecule has 0 saturated carbocycles. The number of rotatable bonds is 6. The largest absolute Gasteiger partial charge is 0.367 e. The average molecular weight is 250 g/mol. The lowest BCUT2D eigenvalue weighted by atomic mass is 9.92. The molecule has 1 heterocycles. The summed E-state index contributed by atoms with van der Waals surface area (Å²) in [5.74, 6) is -0.507. The first-order valence-electron chi connectivity index (χ1n) is 6.32. The van der Waals surface area contributed by atoms with E-state index in [4.69, 9.17) is 4.74 Å². The van der Waals surface area contributed by atoms with Crippen molar-refractivity contribution in [3.05, 3.63) is 24.8 Å². The van der Waals surface area contributed by atoms with Gasteiger partial charge in [0, 0.05) is 5.92 Å². The standard InChI is InChI=1S/C15H22O3/c1-6-15(5)8-7-14(18-15)11(4)13(17)9-12(16)10(2)3/h6,11,14H,1-2,7-9H2,3-5H3. The van der Waals surface area contributed by atoms with Gasteiger partial charge in [-0.3, -0.25) is 9.59 Å². The maximum Gasteiger partial charge on any atom is 0.165 e. The van der Waals surface area contributed by atoms with Gasteiger partial charge in [-0.2, -0.15) is 0 Å². The van der Waals surface area contributed by atoms with Gasteiger partial charge >= 0.3 is 0 Å². The Morgan fingerprint density at radius 1 is 1.56 bits per heavy atom. The highest BCUT2D eigenvalue weighted by atomic mass is 16.5. The first-order valence-corrected chi connectivity index (χ1v) is 6.32. The van der Waals surface area contributed by atoms with Crippen molar-refractivity contribution < 1.29 is 14.3 Å². The van der Waals surface area contributed by atoms with E-state index in [1.165, 1.54) is 0 Å². The van der Waals surface area contributed by atoms with Crippen molar-refractivity contribution in [3.63, 3.8) is 0 Å². The Kier molecular flexibility index (Phi) is 4.63. The van der Waals surface area contributed by atoms with Gasteiger partial charge in [0.25, 0.3) is 0 Å². The van der Waals surface area contributed by atoms with Crippen molar-refractivity contribution in [2.45, 2.75) is 51.7 Å². The van der Waals surface area contributed by atoms with E-state index < -0.39 is 0 Å². The summed E-state index contributed by atoms with van der Waals surface area (Å²) < 4.78 is 5.85. The number of hydrogen-bond acceptors (Lipinski definition) is 3. The Balaban J connectivity index is 2.58. The summed E-state index contributed by atoms with van der Waals surface area (Å²) in [6, 6.07) is 0. The van der Waals surface area contributed by atoms with E-state index in [0.717, 1.165) is 12.8 Å². The van der Waals surface area contributed by atoms with Crippen LogP contribution in [0.1, 0.15) is 40.0 Å². The number of allylic oxidation sites excluding steroid dienone is 1. The summed E-state index contributed by atoms with van der Waals surface area (Å²) >= 11 is 0. The highest BCUT2D eigenvalue weighted by molar-refractivity contribution is 6.07. The summed E-state index contributed by atoms with van der Waals surface area (Å²) in [6.07, 6.45) is 3.30.